The van der Waals surface area contributed by atoms with Crippen LogP contribution in [-0.2, 0) is 9.59 Å². The van der Waals surface area contributed by atoms with Gasteiger partial charge in [-0.05, 0) is 42.7 Å². The molecule has 0 aromatic heterocycles. The zero-order valence-corrected chi connectivity index (χ0v) is 15.1. The fraction of sp³-hybridized carbons (Fsp3) is 0.273. The molecule has 5 heteroatoms. The number of allylic oxidation sites excluding steroid dienone is 2. The van der Waals surface area contributed by atoms with Gasteiger partial charge in [0, 0.05) is 36.1 Å². The Kier molecular flexibility index (Phi) is 4.52. The van der Waals surface area contributed by atoms with Crippen LogP contribution in [0, 0.1) is 5.82 Å². The minimum atomic E-state index is -0.330. The van der Waals surface area contributed by atoms with Crippen molar-refractivity contribution in [2.75, 3.05) is 12.0 Å². The first kappa shape index (κ1) is 17.5. The Morgan fingerprint density at radius 2 is 1.85 bits per heavy atom. The highest BCUT2D eigenvalue weighted by molar-refractivity contribution is 6.07. The summed E-state index contributed by atoms with van der Waals surface area (Å²) in [4.78, 5) is 27.5. The molecule has 2 aromatic rings. The number of benzene rings is 2. The molecule has 27 heavy (non-hydrogen) atoms. The van der Waals surface area contributed by atoms with E-state index in [1.165, 1.54) is 12.1 Å². The van der Waals surface area contributed by atoms with Gasteiger partial charge in [-0.15, -0.1) is 0 Å². The number of ether oxygens (including phenoxy) is 1. The summed E-state index contributed by atoms with van der Waals surface area (Å²) in [6.07, 6.45) is 2.06. The van der Waals surface area contributed by atoms with Crippen LogP contribution in [-0.4, -0.2) is 18.8 Å². The Hall–Kier alpha value is -2.95. The molecule has 2 aliphatic rings. The molecule has 1 heterocycles. The van der Waals surface area contributed by atoms with Gasteiger partial charge in [0.05, 0.1) is 12.8 Å². The predicted molar refractivity (Wildman–Crippen MR) is 100 cm³/mol. The van der Waals surface area contributed by atoms with Gasteiger partial charge < -0.3 is 4.74 Å². The van der Waals surface area contributed by atoms with Crippen molar-refractivity contribution in [1.29, 1.82) is 0 Å². The van der Waals surface area contributed by atoms with Gasteiger partial charge in [-0.25, -0.2) is 4.39 Å². The summed E-state index contributed by atoms with van der Waals surface area (Å²) in [5.41, 5.74) is 2.97. The van der Waals surface area contributed by atoms with E-state index in [4.69, 9.17) is 4.74 Å². The van der Waals surface area contributed by atoms with Crippen LogP contribution < -0.4 is 9.64 Å². The van der Waals surface area contributed by atoms with Gasteiger partial charge in [-0.1, -0.05) is 18.2 Å². The third-order valence-electron chi connectivity index (χ3n) is 5.26. The number of rotatable bonds is 3. The van der Waals surface area contributed by atoms with E-state index < -0.39 is 0 Å². The maximum atomic E-state index is 13.3. The Bertz CT molecular complexity index is 933. The normalized spacial score (nSPS) is 19.9. The van der Waals surface area contributed by atoms with Gasteiger partial charge in [0.2, 0.25) is 5.91 Å². The summed E-state index contributed by atoms with van der Waals surface area (Å²) >= 11 is 0. The number of amides is 1. The van der Waals surface area contributed by atoms with Crippen LogP contribution >= 0.6 is 0 Å². The number of hydrogen-bond donors (Lipinski definition) is 0. The molecule has 1 aliphatic heterocycles. The first-order valence-electron chi connectivity index (χ1n) is 9.07. The van der Waals surface area contributed by atoms with E-state index in [1.807, 2.05) is 18.2 Å². The lowest BCUT2D eigenvalue weighted by Gasteiger charge is -2.38. The molecule has 0 saturated heterocycles. The van der Waals surface area contributed by atoms with Gasteiger partial charge in [-0.3, -0.25) is 14.5 Å². The van der Waals surface area contributed by atoms with E-state index in [2.05, 4.69) is 0 Å². The molecule has 1 amide bonds. The number of halogens is 1. The Morgan fingerprint density at radius 1 is 1.07 bits per heavy atom. The molecule has 1 atom stereocenters. The van der Waals surface area contributed by atoms with Crippen molar-refractivity contribution in [1.82, 2.24) is 0 Å². The number of hydrogen-bond acceptors (Lipinski definition) is 3. The quantitative estimate of drug-likeness (QED) is 0.812. The van der Waals surface area contributed by atoms with Gasteiger partial charge in [0.15, 0.2) is 5.78 Å². The molecule has 1 unspecified atom stereocenters. The SMILES string of the molecule is COc1cccc(N2C(=O)CC(c3ccc(F)cc3)C3=C2CCCC3=O)c1. The Morgan fingerprint density at radius 3 is 2.59 bits per heavy atom. The molecule has 0 N–H and O–H groups in total. The second kappa shape index (κ2) is 6.99. The standard InChI is InChI=1S/C22H20FNO3/c1-27-17-5-2-4-16(12-17)24-19-6-3-7-20(25)22(19)18(13-21(24)26)14-8-10-15(23)11-9-14/h2,4-5,8-12,18H,3,6-7,13H2,1H3. The molecule has 0 spiro atoms. The van der Waals surface area contributed by atoms with Gasteiger partial charge in [0.25, 0.3) is 0 Å². The Balaban J connectivity index is 1.84. The second-order valence-electron chi connectivity index (χ2n) is 6.88. The number of methoxy groups -OCH3 is 1. The maximum Gasteiger partial charge on any atom is 0.232 e. The smallest absolute Gasteiger partial charge is 0.232 e. The van der Waals surface area contributed by atoms with Crippen molar-refractivity contribution in [2.24, 2.45) is 0 Å². The lowest BCUT2D eigenvalue weighted by atomic mass is 9.77. The zero-order chi connectivity index (χ0) is 19.0. The monoisotopic (exact) mass is 365 g/mol. The van der Waals surface area contributed by atoms with E-state index >= 15 is 0 Å². The lowest BCUT2D eigenvalue weighted by molar-refractivity contribution is -0.119. The average Bonchev–Trinajstić information content (AvgIpc) is 2.68. The molecular formula is C22H20FNO3. The molecule has 4 rings (SSSR count). The third kappa shape index (κ3) is 3.14. The van der Waals surface area contributed by atoms with Crippen LogP contribution in [0.1, 0.15) is 37.2 Å². The number of anilines is 1. The average molecular weight is 365 g/mol. The van der Waals surface area contributed by atoms with E-state index in [9.17, 15) is 14.0 Å². The number of nitrogens with zero attached hydrogens (tertiary/aromatic N) is 1. The number of carbonyl (C=O) groups is 2. The van der Waals surface area contributed by atoms with E-state index in [-0.39, 0.29) is 29.8 Å². The summed E-state index contributed by atoms with van der Waals surface area (Å²) in [6.45, 7) is 0. The van der Waals surface area contributed by atoms with E-state index in [1.54, 1.807) is 30.2 Å². The van der Waals surface area contributed by atoms with Crippen molar-refractivity contribution in [3.63, 3.8) is 0 Å². The molecule has 0 radical (unpaired) electrons. The minimum Gasteiger partial charge on any atom is -0.497 e. The summed E-state index contributed by atoms with van der Waals surface area (Å²) in [5, 5.41) is 0. The van der Waals surface area contributed by atoms with Crippen molar-refractivity contribution in [3.8, 4) is 5.75 Å². The van der Waals surface area contributed by atoms with Gasteiger partial charge in [-0.2, -0.15) is 0 Å². The number of carbonyl (C=O) groups excluding carboxylic acids is 2. The molecule has 4 nitrogen and oxygen atoms in total. The van der Waals surface area contributed by atoms with Crippen molar-refractivity contribution in [2.45, 2.75) is 31.6 Å². The lowest BCUT2D eigenvalue weighted by Crippen LogP contribution is -2.40. The van der Waals surface area contributed by atoms with Crippen molar-refractivity contribution < 1.29 is 18.7 Å². The fourth-order valence-corrected chi connectivity index (χ4v) is 4.02. The zero-order valence-electron chi connectivity index (χ0n) is 15.1. The molecular weight excluding hydrogens is 345 g/mol. The first-order valence-corrected chi connectivity index (χ1v) is 9.07. The van der Waals surface area contributed by atoms with Crippen LogP contribution in [0.25, 0.3) is 0 Å². The predicted octanol–water partition coefficient (Wildman–Crippen LogP) is 4.36. The molecule has 0 fully saturated rings. The van der Waals surface area contributed by atoms with Crippen LogP contribution in [0.15, 0.2) is 59.8 Å². The summed E-state index contributed by atoms with van der Waals surface area (Å²) in [5.74, 6) is 0.0214. The summed E-state index contributed by atoms with van der Waals surface area (Å²) < 4.78 is 18.6. The van der Waals surface area contributed by atoms with Crippen LogP contribution in [0.2, 0.25) is 0 Å². The maximum absolute atomic E-state index is 13.3. The van der Waals surface area contributed by atoms with E-state index in [0.29, 0.717) is 29.9 Å². The fourth-order valence-electron chi connectivity index (χ4n) is 4.02. The van der Waals surface area contributed by atoms with Crippen LogP contribution in [0.4, 0.5) is 10.1 Å². The summed E-state index contributed by atoms with van der Waals surface area (Å²) in [6, 6.07) is 13.4. The van der Waals surface area contributed by atoms with Crippen molar-refractivity contribution in [3.05, 3.63) is 71.2 Å². The molecule has 0 saturated carbocycles. The van der Waals surface area contributed by atoms with Crippen LogP contribution in [0.3, 0.4) is 0 Å². The van der Waals surface area contributed by atoms with Gasteiger partial charge in [0.1, 0.15) is 11.6 Å². The minimum absolute atomic E-state index is 0.0639. The summed E-state index contributed by atoms with van der Waals surface area (Å²) in [7, 11) is 1.58. The Labute approximate surface area is 157 Å². The second-order valence-corrected chi connectivity index (χ2v) is 6.88. The highest BCUT2D eigenvalue weighted by Crippen LogP contribution is 2.43. The number of ketones is 1. The van der Waals surface area contributed by atoms with Gasteiger partial charge >= 0.3 is 0 Å². The molecule has 2 aromatic carbocycles. The molecule has 138 valence electrons. The first-order chi connectivity index (χ1) is 13.1. The van der Waals surface area contributed by atoms with E-state index in [0.717, 1.165) is 17.7 Å². The van der Waals surface area contributed by atoms with Crippen molar-refractivity contribution >= 4 is 17.4 Å². The van der Waals surface area contributed by atoms with Crippen LogP contribution in [0.5, 0.6) is 5.75 Å². The highest BCUT2D eigenvalue weighted by Gasteiger charge is 2.39. The molecule has 1 aliphatic carbocycles. The number of Topliss-reactive ketones (excluding diaryl/α,β-unsaturated/α-hetero) is 1. The third-order valence-corrected chi connectivity index (χ3v) is 5.26. The largest absolute Gasteiger partial charge is 0.497 e. The highest BCUT2D eigenvalue weighted by atomic mass is 19.1. The topological polar surface area (TPSA) is 46.6 Å². The molecule has 0 bridgehead atoms.